The van der Waals surface area contributed by atoms with E-state index in [1.165, 1.54) is 31.4 Å². The highest BCUT2D eigenvalue weighted by molar-refractivity contribution is 7.86. The highest BCUT2D eigenvalue weighted by Gasteiger charge is 2.54. The summed E-state index contributed by atoms with van der Waals surface area (Å²) in [6, 6.07) is 24.1. The van der Waals surface area contributed by atoms with Crippen LogP contribution < -0.4 is 0 Å². The van der Waals surface area contributed by atoms with Crippen LogP contribution in [0.15, 0.2) is 91.0 Å². The molecule has 1 aliphatic rings. The van der Waals surface area contributed by atoms with Crippen LogP contribution in [0.2, 0.25) is 0 Å². The third kappa shape index (κ3) is 7.98. The maximum Gasteiger partial charge on any atom is 0.338 e. The van der Waals surface area contributed by atoms with Crippen molar-refractivity contribution in [3.05, 3.63) is 108 Å². The van der Waals surface area contributed by atoms with Crippen LogP contribution in [-0.4, -0.2) is 77.0 Å². The SMILES string of the molecule is CO[C@@H]1O[C@@H]([C@@H](COC(=O)c2ccccc2)OC(=O)c2ccccc2)[C@@H](OC(=O)c2ccccc2)[C@H]1OS(C)(=O)=O. The van der Waals surface area contributed by atoms with Crippen LogP contribution in [0.25, 0.3) is 0 Å². The van der Waals surface area contributed by atoms with E-state index in [9.17, 15) is 22.8 Å². The molecule has 0 radical (unpaired) electrons. The van der Waals surface area contributed by atoms with E-state index in [4.69, 9.17) is 27.9 Å². The Bertz CT molecular complexity index is 1430. The first-order chi connectivity index (χ1) is 19.7. The van der Waals surface area contributed by atoms with Gasteiger partial charge in [-0.2, -0.15) is 8.42 Å². The summed E-state index contributed by atoms with van der Waals surface area (Å²) in [5.41, 5.74) is 0.599. The molecule has 12 heteroatoms. The molecule has 0 spiro atoms. The largest absolute Gasteiger partial charge is 0.458 e. The van der Waals surface area contributed by atoms with Gasteiger partial charge in [0, 0.05) is 7.11 Å². The van der Waals surface area contributed by atoms with Crippen LogP contribution in [0, 0.1) is 0 Å². The summed E-state index contributed by atoms with van der Waals surface area (Å²) in [5, 5.41) is 0. The van der Waals surface area contributed by atoms with Crippen molar-refractivity contribution >= 4 is 28.0 Å². The number of carbonyl (C=O) groups is 3. The summed E-state index contributed by atoms with van der Waals surface area (Å²) in [5.74, 6) is -2.32. The standard InChI is InChI=1S/C29H28O11S/c1-35-29-25(40-41(2,33)34)24(38-28(32)21-16-10-5-11-17-21)23(39-29)22(37-27(31)20-14-8-4-9-15-20)18-36-26(30)19-12-6-3-7-13-19/h3-17,22-25,29H,18H2,1-2H3/t22-,23+,24-,25-,29-/m1/s1. The average molecular weight is 585 g/mol. The van der Waals surface area contributed by atoms with Gasteiger partial charge in [-0.05, 0) is 36.4 Å². The second kappa shape index (κ2) is 13.5. The number of esters is 3. The van der Waals surface area contributed by atoms with Gasteiger partial charge in [-0.3, -0.25) is 4.18 Å². The molecule has 1 saturated heterocycles. The maximum absolute atomic E-state index is 13.1. The third-order valence-electron chi connectivity index (χ3n) is 6.00. The zero-order chi connectivity index (χ0) is 29.4. The smallest absolute Gasteiger partial charge is 0.338 e. The minimum absolute atomic E-state index is 0.165. The van der Waals surface area contributed by atoms with Gasteiger partial charge < -0.3 is 23.7 Å². The number of benzene rings is 3. The summed E-state index contributed by atoms with van der Waals surface area (Å²) in [6.45, 7) is -0.529. The second-order valence-corrected chi connectivity index (χ2v) is 10.6. The molecule has 0 bridgehead atoms. The van der Waals surface area contributed by atoms with Crippen molar-refractivity contribution in [3.63, 3.8) is 0 Å². The Hall–Kier alpha value is -4.10. The van der Waals surface area contributed by atoms with Crippen LogP contribution in [0.5, 0.6) is 0 Å². The Balaban J connectivity index is 1.67. The fourth-order valence-corrected chi connectivity index (χ4v) is 4.74. The molecule has 1 heterocycles. The van der Waals surface area contributed by atoms with Gasteiger partial charge in [0.1, 0.15) is 12.7 Å². The van der Waals surface area contributed by atoms with E-state index in [-0.39, 0.29) is 16.7 Å². The molecule has 5 atom stereocenters. The lowest BCUT2D eigenvalue weighted by molar-refractivity contribution is -0.164. The summed E-state index contributed by atoms with van der Waals surface area (Å²) < 4.78 is 57.5. The normalized spacial score (nSPS) is 21.0. The number of carbonyl (C=O) groups excluding carboxylic acids is 3. The molecule has 0 saturated carbocycles. The summed E-state index contributed by atoms with van der Waals surface area (Å²) in [6.07, 6.45) is -6.23. The molecule has 11 nitrogen and oxygen atoms in total. The van der Waals surface area contributed by atoms with Gasteiger partial charge >= 0.3 is 17.9 Å². The van der Waals surface area contributed by atoms with E-state index < -0.39 is 65.3 Å². The van der Waals surface area contributed by atoms with Gasteiger partial charge in [0.25, 0.3) is 10.1 Å². The van der Waals surface area contributed by atoms with E-state index in [0.29, 0.717) is 0 Å². The van der Waals surface area contributed by atoms with Gasteiger partial charge in [-0.1, -0.05) is 54.6 Å². The summed E-state index contributed by atoms with van der Waals surface area (Å²) >= 11 is 0. The molecule has 3 aromatic rings. The molecule has 3 aromatic carbocycles. The molecule has 41 heavy (non-hydrogen) atoms. The Labute approximate surface area is 237 Å². The van der Waals surface area contributed by atoms with E-state index in [1.54, 1.807) is 66.7 Å². The highest BCUT2D eigenvalue weighted by atomic mass is 32.2. The molecule has 0 amide bonds. The van der Waals surface area contributed by atoms with Gasteiger partial charge in [0.2, 0.25) is 0 Å². The molecule has 0 aliphatic carbocycles. The molecule has 4 rings (SSSR count). The number of hydrogen-bond acceptors (Lipinski definition) is 11. The quantitative estimate of drug-likeness (QED) is 0.187. The van der Waals surface area contributed by atoms with E-state index >= 15 is 0 Å². The Morgan fingerprint density at radius 1 is 0.756 bits per heavy atom. The van der Waals surface area contributed by atoms with Crippen molar-refractivity contribution < 1.29 is 50.7 Å². The van der Waals surface area contributed by atoms with Crippen LogP contribution >= 0.6 is 0 Å². The highest BCUT2D eigenvalue weighted by Crippen LogP contribution is 2.32. The summed E-state index contributed by atoms with van der Waals surface area (Å²) in [7, 11) is -2.87. The number of rotatable bonds is 11. The molecule has 0 aromatic heterocycles. The number of ether oxygens (including phenoxy) is 5. The van der Waals surface area contributed by atoms with Crippen molar-refractivity contribution in [2.24, 2.45) is 0 Å². The van der Waals surface area contributed by atoms with Gasteiger partial charge in [0.15, 0.2) is 24.6 Å². The zero-order valence-corrected chi connectivity index (χ0v) is 23.0. The average Bonchev–Trinajstić information content (AvgIpc) is 3.31. The second-order valence-electron chi connectivity index (χ2n) is 8.98. The lowest BCUT2D eigenvalue weighted by atomic mass is 10.1. The van der Waals surface area contributed by atoms with Gasteiger partial charge in [-0.15, -0.1) is 0 Å². The maximum atomic E-state index is 13.1. The Morgan fingerprint density at radius 3 is 1.73 bits per heavy atom. The van der Waals surface area contributed by atoms with Crippen molar-refractivity contribution in [1.82, 2.24) is 0 Å². The predicted molar refractivity (Wildman–Crippen MR) is 143 cm³/mol. The molecule has 1 fully saturated rings. The van der Waals surface area contributed by atoms with Crippen LogP contribution in [0.1, 0.15) is 31.1 Å². The topological polar surface area (TPSA) is 141 Å². The first kappa shape index (κ1) is 29.9. The minimum atomic E-state index is -4.11. The van der Waals surface area contributed by atoms with Crippen molar-refractivity contribution in [1.29, 1.82) is 0 Å². The third-order valence-corrected chi connectivity index (χ3v) is 6.57. The van der Waals surface area contributed by atoms with Crippen LogP contribution in [-0.2, 0) is 38.0 Å². The Kier molecular flexibility index (Phi) is 9.84. The van der Waals surface area contributed by atoms with E-state index in [2.05, 4.69) is 0 Å². The molecular weight excluding hydrogens is 556 g/mol. The van der Waals surface area contributed by atoms with Crippen LogP contribution in [0.4, 0.5) is 0 Å². The predicted octanol–water partition coefficient (Wildman–Crippen LogP) is 3.01. The Morgan fingerprint density at radius 2 is 1.24 bits per heavy atom. The first-order valence-corrected chi connectivity index (χ1v) is 14.3. The zero-order valence-electron chi connectivity index (χ0n) is 22.2. The minimum Gasteiger partial charge on any atom is -0.458 e. The van der Waals surface area contributed by atoms with Crippen molar-refractivity contribution in [2.75, 3.05) is 20.0 Å². The number of hydrogen-bond donors (Lipinski definition) is 0. The van der Waals surface area contributed by atoms with Crippen molar-refractivity contribution in [2.45, 2.75) is 30.7 Å². The van der Waals surface area contributed by atoms with Gasteiger partial charge in [-0.25, -0.2) is 14.4 Å². The fourth-order valence-electron chi connectivity index (χ4n) is 4.13. The van der Waals surface area contributed by atoms with E-state index in [1.807, 2.05) is 0 Å². The van der Waals surface area contributed by atoms with Crippen molar-refractivity contribution in [3.8, 4) is 0 Å². The van der Waals surface area contributed by atoms with Gasteiger partial charge in [0.05, 0.1) is 22.9 Å². The number of methoxy groups -OCH3 is 1. The monoisotopic (exact) mass is 584 g/mol. The van der Waals surface area contributed by atoms with E-state index in [0.717, 1.165) is 6.26 Å². The molecular formula is C29H28O11S. The lowest BCUT2D eigenvalue weighted by Crippen LogP contribution is -2.47. The lowest BCUT2D eigenvalue weighted by Gasteiger charge is -2.28. The molecule has 0 unspecified atom stereocenters. The molecule has 216 valence electrons. The first-order valence-electron chi connectivity index (χ1n) is 12.5. The summed E-state index contributed by atoms with van der Waals surface area (Å²) in [4.78, 5) is 38.8. The molecule has 1 aliphatic heterocycles. The van der Waals surface area contributed by atoms with Crippen LogP contribution in [0.3, 0.4) is 0 Å². The fraction of sp³-hybridized carbons (Fsp3) is 0.276. The molecule has 0 N–H and O–H groups in total.